The summed E-state index contributed by atoms with van der Waals surface area (Å²) in [7, 11) is 0. The largest absolute Gasteiger partial charge is 0.367 e. The van der Waals surface area contributed by atoms with E-state index in [0.717, 1.165) is 31.5 Å². The second-order valence-electron chi connectivity index (χ2n) is 7.01. The molecule has 2 aromatic rings. The van der Waals surface area contributed by atoms with Crippen molar-refractivity contribution in [2.24, 2.45) is 0 Å². The third-order valence-corrected chi connectivity index (χ3v) is 4.90. The van der Waals surface area contributed by atoms with E-state index in [-0.39, 0.29) is 11.9 Å². The summed E-state index contributed by atoms with van der Waals surface area (Å²) >= 11 is 0. The number of hydrogen-bond donors (Lipinski definition) is 1. The Hall–Kier alpha value is -2.29. The molecule has 0 unspecified atom stereocenters. The molecule has 1 aliphatic rings. The van der Waals surface area contributed by atoms with Crippen LogP contribution in [0.4, 0.5) is 5.69 Å². The Morgan fingerprint density at radius 3 is 2.68 bits per heavy atom. The van der Waals surface area contributed by atoms with Crippen LogP contribution >= 0.6 is 0 Å². The molecule has 3 nitrogen and oxygen atoms in total. The SMILES string of the molecule is CCC[C@H](C)NC(=O)c1ccc(CN2CCCc3ccccc32)cc1. The minimum atomic E-state index is 0.0239. The monoisotopic (exact) mass is 336 g/mol. The zero-order valence-corrected chi connectivity index (χ0v) is 15.3. The van der Waals surface area contributed by atoms with Crippen LogP contribution in [0.15, 0.2) is 48.5 Å². The second kappa shape index (κ2) is 8.19. The number of fused-ring (bicyclic) bond motifs is 1. The maximum absolute atomic E-state index is 12.3. The van der Waals surface area contributed by atoms with E-state index in [0.29, 0.717) is 0 Å². The third-order valence-electron chi connectivity index (χ3n) is 4.90. The molecule has 3 rings (SSSR count). The molecule has 0 fully saturated rings. The van der Waals surface area contributed by atoms with Gasteiger partial charge in [-0.3, -0.25) is 4.79 Å². The highest BCUT2D eigenvalue weighted by atomic mass is 16.1. The Balaban J connectivity index is 1.65. The van der Waals surface area contributed by atoms with Crippen LogP contribution < -0.4 is 10.2 Å². The molecular formula is C22H28N2O. The maximum Gasteiger partial charge on any atom is 0.251 e. The first-order valence-electron chi connectivity index (χ1n) is 9.40. The van der Waals surface area contributed by atoms with E-state index >= 15 is 0 Å². The van der Waals surface area contributed by atoms with Crippen LogP contribution in [0, 0.1) is 0 Å². The van der Waals surface area contributed by atoms with Gasteiger partial charge < -0.3 is 10.2 Å². The lowest BCUT2D eigenvalue weighted by molar-refractivity contribution is 0.0938. The van der Waals surface area contributed by atoms with Gasteiger partial charge in [0, 0.05) is 30.4 Å². The number of para-hydroxylation sites is 1. The molecule has 0 bridgehead atoms. The Bertz CT molecular complexity index is 708. The number of carbonyl (C=O) groups excluding carboxylic acids is 1. The van der Waals surface area contributed by atoms with Crippen molar-refractivity contribution in [2.75, 3.05) is 11.4 Å². The first kappa shape index (κ1) is 17.5. The standard InChI is InChI=1S/C22H28N2O/c1-3-7-17(2)23-22(25)20-13-11-18(12-14-20)16-24-15-6-9-19-8-4-5-10-21(19)24/h4-5,8,10-14,17H,3,6-7,9,15-16H2,1-2H3,(H,23,25)/t17-/m0/s1. The summed E-state index contributed by atoms with van der Waals surface area (Å²) in [5, 5.41) is 3.06. The number of nitrogens with one attached hydrogen (secondary N) is 1. The topological polar surface area (TPSA) is 32.3 Å². The molecule has 1 N–H and O–H groups in total. The molecule has 0 aliphatic carbocycles. The smallest absolute Gasteiger partial charge is 0.251 e. The fourth-order valence-corrected chi connectivity index (χ4v) is 3.57. The predicted octanol–water partition coefficient (Wildman–Crippen LogP) is 4.56. The summed E-state index contributed by atoms with van der Waals surface area (Å²) in [6.45, 7) is 6.18. The van der Waals surface area contributed by atoms with Gasteiger partial charge in [-0.05, 0) is 55.5 Å². The molecule has 0 radical (unpaired) electrons. The number of nitrogens with zero attached hydrogens (tertiary/aromatic N) is 1. The first-order chi connectivity index (χ1) is 12.2. The van der Waals surface area contributed by atoms with Gasteiger partial charge in [-0.25, -0.2) is 0 Å². The molecule has 1 atom stereocenters. The molecule has 1 amide bonds. The molecule has 0 saturated heterocycles. The number of hydrogen-bond acceptors (Lipinski definition) is 2. The van der Waals surface area contributed by atoms with Crippen molar-refractivity contribution >= 4 is 11.6 Å². The van der Waals surface area contributed by atoms with Crippen LogP contribution in [0.1, 0.15) is 54.6 Å². The summed E-state index contributed by atoms with van der Waals surface area (Å²) in [5.74, 6) is 0.0239. The van der Waals surface area contributed by atoms with Crippen LogP contribution in [-0.2, 0) is 13.0 Å². The van der Waals surface area contributed by atoms with Crippen molar-refractivity contribution in [1.82, 2.24) is 5.32 Å². The summed E-state index contributed by atoms with van der Waals surface area (Å²) in [5.41, 5.74) is 4.78. The van der Waals surface area contributed by atoms with Gasteiger partial charge in [0.05, 0.1) is 0 Å². The average Bonchev–Trinajstić information content (AvgIpc) is 2.63. The zero-order chi connectivity index (χ0) is 17.6. The molecule has 132 valence electrons. The molecule has 0 spiro atoms. The van der Waals surface area contributed by atoms with E-state index in [1.54, 1.807) is 0 Å². The molecule has 0 aromatic heterocycles. The normalized spacial score (nSPS) is 14.7. The number of carbonyl (C=O) groups is 1. The van der Waals surface area contributed by atoms with E-state index < -0.39 is 0 Å². The van der Waals surface area contributed by atoms with Gasteiger partial charge in [0.15, 0.2) is 0 Å². The van der Waals surface area contributed by atoms with Crippen molar-refractivity contribution in [3.63, 3.8) is 0 Å². The van der Waals surface area contributed by atoms with Gasteiger partial charge in [-0.1, -0.05) is 43.7 Å². The second-order valence-corrected chi connectivity index (χ2v) is 7.01. The minimum Gasteiger partial charge on any atom is -0.367 e. The van der Waals surface area contributed by atoms with Crippen molar-refractivity contribution in [2.45, 2.75) is 52.1 Å². The van der Waals surface area contributed by atoms with Gasteiger partial charge >= 0.3 is 0 Å². The molecule has 0 saturated carbocycles. The summed E-state index contributed by atoms with van der Waals surface area (Å²) in [6.07, 6.45) is 4.46. The average molecular weight is 336 g/mol. The van der Waals surface area contributed by atoms with Gasteiger partial charge in [0.1, 0.15) is 0 Å². The highest BCUT2D eigenvalue weighted by molar-refractivity contribution is 5.94. The Morgan fingerprint density at radius 2 is 1.92 bits per heavy atom. The van der Waals surface area contributed by atoms with Gasteiger partial charge in [0.2, 0.25) is 0 Å². The molecule has 1 aliphatic heterocycles. The molecular weight excluding hydrogens is 308 g/mol. The number of amides is 1. The van der Waals surface area contributed by atoms with E-state index in [1.807, 2.05) is 12.1 Å². The number of benzene rings is 2. The van der Waals surface area contributed by atoms with Crippen LogP contribution in [0.5, 0.6) is 0 Å². The van der Waals surface area contributed by atoms with Gasteiger partial charge in [0.25, 0.3) is 5.91 Å². The lowest BCUT2D eigenvalue weighted by atomic mass is 10.0. The van der Waals surface area contributed by atoms with Crippen molar-refractivity contribution < 1.29 is 4.79 Å². The molecule has 2 aromatic carbocycles. The van der Waals surface area contributed by atoms with Crippen molar-refractivity contribution in [1.29, 1.82) is 0 Å². The fraction of sp³-hybridized carbons (Fsp3) is 0.409. The Labute approximate surface area is 151 Å². The van der Waals surface area contributed by atoms with Crippen molar-refractivity contribution in [3.8, 4) is 0 Å². The van der Waals surface area contributed by atoms with Gasteiger partial charge in [-0.2, -0.15) is 0 Å². The quantitative estimate of drug-likeness (QED) is 0.839. The van der Waals surface area contributed by atoms with Crippen LogP contribution in [0.25, 0.3) is 0 Å². The lowest BCUT2D eigenvalue weighted by Gasteiger charge is -2.31. The summed E-state index contributed by atoms with van der Waals surface area (Å²) < 4.78 is 0. The summed E-state index contributed by atoms with van der Waals surface area (Å²) in [4.78, 5) is 14.7. The van der Waals surface area contributed by atoms with E-state index in [9.17, 15) is 4.79 Å². The molecule has 1 heterocycles. The Kier molecular flexibility index (Phi) is 5.75. The highest BCUT2D eigenvalue weighted by Crippen LogP contribution is 2.28. The lowest BCUT2D eigenvalue weighted by Crippen LogP contribution is -2.32. The predicted molar refractivity (Wildman–Crippen MR) is 104 cm³/mol. The summed E-state index contributed by atoms with van der Waals surface area (Å²) in [6, 6.07) is 16.9. The van der Waals surface area contributed by atoms with Crippen LogP contribution in [-0.4, -0.2) is 18.5 Å². The van der Waals surface area contributed by atoms with Crippen LogP contribution in [0.3, 0.4) is 0 Å². The number of rotatable bonds is 6. The van der Waals surface area contributed by atoms with Crippen molar-refractivity contribution in [3.05, 3.63) is 65.2 Å². The number of aryl methyl sites for hydroxylation is 1. The maximum atomic E-state index is 12.3. The third kappa shape index (κ3) is 4.41. The fourth-order valence-electron chi connectivity index (χ4n) is 3.57. The Morgan fingerprint density at radius 1 is 1.16 bits per heavy atom. The van der Waals surface area contributed by atoms with E-state index in [1.165, 1.54) is 29.7 Å². The minimum absolute atomic E-state index is 0.0239. The highest BCUT2D eigenvalue weighted by Gasteiger charge is 2.16. The zero-order valence-electron chi connectivity index (χ0n) is 15.3. The number of anilines is 1. The molecule has 3 heteroatoms. The first-order valence-corrected chi connectivity index (χ1v) is 9.40. The molecule has 25 heavy (non-hydrogen) atoms. The van der Waals surface area contributed by atoms with Gasteiger partial charge in [-0.15, -0.1) is 0 Å². The van der Waals surface area contributed by atoms with E-state index in [2.05, 4.69) is 60.5 Å². The van der Waals surface area contributed by atoms with Crippen LogP contribution in [0.2, 0.25) is 0 Å². The van der Waals surface area contributed by atoms with E-state index in [4.69, 9.17) is 0 Å².